The summed E-state index contributed by atoms with van der Waals surface area (Å²) in [7, 11) is 0. The average molecular weight is 993 g/mol. The van der Waals surface area contributed by atoms with Gasteiger partial charge in [-0.1, -0.05) is 79.1 Å². The zero-order valence-corrected chi connectivity index (χ0v) is 43.5. The van der Waals surface area contributed by atoms with Crippen molar-refractivity contribution < 1.29 is 58.6 Å². The van der Waals surface area contributed by atoms with Gasteiger partial charge in [-0.3, -0.25) is 19.2 Å². The maximum absolute atomic E-state index is 14.3. The van der Waals surface area contributed by atoms with Crippen LogP contribution in [0.25, 0.3) is 0 Å². The minimum atomic E-state index is -0.300. The lowest BCUT2D eigenvalue weighted by molar-refractivity contribution is 0.0971. The Morgan fingerprint density at radius 3 is 0.667 bits per heavy atom. The number of unbranched alkanes of at least 4 members (excludes halogenated alkanes) is 8. The molecule has 1 aliphatic carbocycles. The molecule has 0 unspecified atom stereocenters. The first-order chi connectivity index (χ1) is 35.0. The van der Waals surface area contributed by atoms with E-state index in [1.165, 1.54) is 0 Å². The van der Waals surface area contributed by atoms with Crippen molar-refractivity contribution in [2.75, 3.05) is 52.9 Å². The van der Waals surface area contributed by atoms with E-state index in [9.17, 15) is 39.6 Å². The zero-order chi connectivity index (χ0) is 51.8. The molecule has 4 N–H and O–H groups in total. The molecule has 5 rings (SSSR count). The van der Waals surface area contributed by atoms with Gasteiger partial charge in [-0.2, -0.15) is 0 Å². The molecule has 0 atom stereocenters. The summed E-state index contributed by atoms with van der Waals surface area (Å²) >= 11 is 0. The zero-order valence-electron chi connectivity index (χ0n) is 43.5. The predicted octanol–water partition coefficient (Wildman–Crippen LogP) is 10.9. The molecule has 0 saturated heterocycles. The predicted molar refractivity (Wildman–Crippen MR) is 281 cm³/mol. The topological polar surface area (TPSA) is 186 Å². The van der Waals surface area contributed by atoms with Crippen LogP contribution in [-0.2, 0) is 25.7 Å². The Labute approximate surface area is 427 Å². The molecule has 72 heavy (non-hydrogen) atoms. The van der Waals surface area contributed by atoms with E-state index in [2.05, 4.69) is 27.7 Å². The molecule has 392 valence electrons. The number of hydrogen-bond donors (Lipinski definition) is 4. The van der Waals surface area contributed by atoms with Crippen LogP contribution in [0.1, 0.15) is 216 Å². The molecule has 4 aromatic rings. The van der Waals surface area contributed by atoms with Crippen molar-refractivity contribution in [1.29, 1.82) is 0 Å². The van der Waals surface area contributed by atoms with Crippen molar-refractivity contribution in [2.45, 2.75) is 156 Å². The van der Waals surface area contributed by atoms with Crippen LogP contribution in [-0.4, -0.2) is 96.4 Å². The lowest BCUT2D eigenvalue weighted by atomic mass is 9.86. The van der Waals surface area contributed by atoms with Crippen LogP contribution in [0, 0.1) is 0 Å². The summed E-state index contributed by atoms with van der Waals surface area (Å²) in [4.78, 5) is 57.1. The van der Waals surface area contributed by atoms with Gasteiger partial charge >= 0.3 is 0 Å². The van der Waals surface area contributed by atoms with Crippen LogP contribution in [0.2, 0.25) is 0 Å². The summed E-state index contributed by atoms with van der Waals surface area (Å²) in [6.45, 7) is 6.85. The quantitative estimate of drug-likeness (QED) is 0.0236. The molecule has 0 saturated carbocycles. The third kappa shape index (κ3) is 16.3. The van der Waals surface area contributed by atoms with Gasteiger partial charge < -0.3 is 39.4 Å². The maximum atomic E-state index is 14.3. The molecular weight excluding hydrogens is 913 g/mol. The number of ketones is 4. The number of Topliss-reactive ketones (excluding diaryl/α,β-unsaturated/α-hetero) is 4. The summed E-state index contributed by atoms with van der Waals surface area (Å²) in [6, 6.07) is 14.6. The van der Waals surface area contributed by atoms with Crippen LogP contribution in [0.15, 0.2) is 48.5 Å². The fraction of sp³-hybridized carbons (Fsp3) is 0.533. The molecule has 0 aromatic heterocycles. The first-order valence-corrected chi connectivity index (χ1v) is 26.7. The molecule has 0 fully saturated rings. The third-order valence-electron chi connectivity index (χ3n) is 13.2. The number of hydrogen-bond acceptors (Lipinski definition) is 12. The molecule has 0 amide bonds. The van der Waals surface area contributed by atoms with E-state index in [1.807, 2.05) is 48.5 Å². The van der Waals surface area contributed by atoms with Gasteiger partial charge in [0.15, 0.2) is 23.1 Å². The minimum Gasteiger partial charge on any atom is -0.491 e. The number of rotatable bonds is 32. The number of aliphatic hydroxyl groups excluding tert-OH is 4. The second-order valence-corrected chi connectivity index (χ2v) is 19.0. The number of benzene rings is 4. The fourth-order valence-electron chi connectivity index (χ4n) is 9.58. The molecule has 1 aliphatic rings. The Kier molecular flexibility index (Phi) is 24.4. The number of ether oxygens (including phenoxy) is 4. The van der Waals surface area contributed by atoms with E-state index in [1.54, 1.807) is 0 Å². The van der Waals surface area contributed by atoms with Gasteiger partial charge in [0.25, 0.3) is 0 Å². The van der Waals surface area contributed by atoms with Crippen LogP contribution in [0.3, 0.4) is 0 Å². The van der Waals surface area contributed by atoms with Crippen LogP contribution in [0.4, 0.5) is 0 Å². The van der Waals surface area contributed by atoms with Gasteiger partial charge in [0.1, 0.15) is 49.4 Å². The van der Waals surface area contributed by atoms with Gasteiger partial charge in [-0.15, -0.1) is 0 Å². The highest BCUT2D eigenvalue weighted by atomic mass is 16.5. The standard InChI is InChI=1S/C60H80O12/c1-5-9-13-17-53(65)41-29-45-37-47-31-42(54(66)18-14-10-6-2)33-49(58(47)70-26-22-62)39-51-35-44(56(68)20-16-12-8-4)36-52(60(51)72-28-24-64)40-50-34-43(55(67)19-15-11-7-3)32-48(59(50)71-27-23-63)38-46(30-41)57(45)69-25-21-61/h29-36,61-64H,5-28,37-40H2,1-4H3. The molecule has 12 heteroatoms. The van der Waals surface area contributed by atoms with Crippen LogP contribution >= 0.6 is 0 Å². The fourth-order valence-corrected chi connectivity index (χ4v) is 9.58. The highest BCUT2D eigenvalue weighted by Gasteiger charge is 2.27. The average Bonchev–Trinajstić information content (AvgIpc) is 3.37. The molecule has 12 nitrogen and oxygen atoms in total. The smallest absolute Gasteiger partial charge is 0.162 e. The molecule has 0 heterocycles. The highest BCUT2D eigenvalue weighted by molar-refractivity contribution is 5.99. The van der Waals surface area contributed by atoms with Crippen molar-refractivity contribution in [3.8, 4) is 23.0 Å². The number of carbonyl (C=O) groups excluding carboxylic acids is 4. The molecule has 0 radical (unpaired) electrons. The SMILES string of the molecule is CCCCCC(=O)c1cc2c(OCCO)c(c1)Cc1cc(C(=O)CCCCC)cc(c1OCCO)Cc1cc(C(=O)CCCCC)cc(c1OCCO)Cc1cc(C(=O)CCCCC)cc(c1OCCO)C2. The van der Waals surface area contributed by atoms with E-state index < -0.39 is 0 Å². The Morgan fingerprint density at radius 1 is 0.333 bits per heavy atom. The van der Waals surface area contributed by atoms with Crippen molar-refractivity contribution in [2.24, 2.45) is 0 Å². The monoisotopic (exact) mass is 993 g/mol. The summed E-state index contributed by atoms with van der Waals surface area (Å²) in [5.41, 5.74) is 6.62. The van der Waals surface area contributed by atoms with Gasteiger partial charge in [0, 0.05) is 73.6 Å². The van der Waals surface area contributed by atoms with E-state index in [0.29, 0.717) is 141 Å². The van der Waals surface area contributed by atoms with E-state index in [-0.39, 0.29) is 102 Å². The van der Waals surface area contributed by atoms with Crippen molar-refractivity contribution in [3.05, 3.63) is 115 Å². The number of fused-ring (bicyclic) bond motifs is 8. The van der Waals surface area contributed by atoms with E-state index in [0.717, 1.165) is 51.4 Å². The Balaban J connectivity index is 1.97. The number of carbonyl (C=O) groups is 4. The summed E-state index contributed by atoms with van der Waals surface area (Å²) in [5.74, 6) is 1.44. The Hall–Kier alpha value is -5.40. The molecular formula is C60H80O12. The normalized spacial score (nSPS) is 12.1. The van der Waals surface area contributed by atoms with E-state index in [4.69, 9.17) is 18.9 Å². The summed E-state index contributed by atoms with van der Waals surface area (Å²) in [6.07, 6.45) is 11.8. The van der Waals surface area contributed by atoms with Gasteiger partial charge in [-0.25, -0.2) is 0 Å². The summed E-state index contributed by atoms with van der Waals surface area (Å²) < 4.78 is 26.0. The van der Waals surface area contributed by atoms with Crippen molar-refractivity contribution >= 4 is 23.1 Å². The Bertz CT molecular complexity index is 1990. The van der Waals surface area contributed by atoms with Gasteiger partial charge in [-0.05, 0) is 119 Å². The first kappa shape index (κ1) is 57.5. The lowest BCUT2D eigenvalue weighted by Gasteiger charge is -2.24. The third-order valence-corrected chi connectivity index (χ3v) is 13.2. The first-order valence-electron chi connectivity index (χ1n) is 26.7. The van der Waals surface area contributed by atoms with Crippen LogP contribution < -0.4 is 18.9 Å². The molecule has 0 spiro atoms. The highest BCUT2D eigenvalue weighted by Crippen LogP contribution is 2.42. The minimum absolute atomic E-state index is 0.0578. The second-order valence-electron chi connectivity index (χ2n) is 19.0. The second kappa shape index (κ2) is 30.6. The van der Waals surface area contributed by atoms with Crippen molar-refractivity contribution in [1.82, 2.24) is 0 Å². The molecule has 4 aromatic carbocycles. The Morgan fingerprint density at radius 2 is 0.514 bits per heavy atom. The van der Waals surface area contributed by atoms with Crippen LogP contribution in [0.5, 0.6) is 23.0 Å². The summed E-state index contributed by atoms with van der Waals surface area (Å²) in [5, 5.41) is 40.9. The van der Waals surface area contributed by atoms with E-state index >= 15 is 0 Å². The van der Waals surface area contributed by atoms with Gasteiger partial charge in [0.2, 0.25) is 0 Å². The molecule has 0 aliphatic heterocycles. The molecule has 8 bridgehead atoms. The largest absolute Gasteiger partial charge is 0.491 e. The lowest BCUT2D eigenvalue weighted by Crippen LogP contribution is -2.15. The van der Waals surface area contributed by atoms with Crippen molar-refractivity contribution in [3.63, 3.8) is 0 Å². The van der Waals surface area contributed by atoms with Gasteiger partial charge in [0.05, 0.1) is 26.4 Å². The number of aliphatic hydroxyl groups is 4. The maximum Gasteiger partial charge on any atom is 0.162 e.